The first-order valence-electron chi connectivity index (χ1n) is 10.2. The number of ketones is 1. The van der Waals surface area contributed by atoms with Crippen LogP contribution in [0.2, 0.25) is 0 Å². The number of nitrogens with one attached hydrogen (secondary N) is 2. The van der Waals surface area contributed by atoms with E-state index in [0.29, 0.717) is 32.7 Å². The van der Waals surface area contributed by atoms with Gasteiger partial charge in [0.05, 0.1) is 32.1 Å². The van der Waals surface area contributed by atoms with Crippen molar-refractivity contribution in [1.82, 2.24) is 10.6 Å². The van der Waals surface area contributed by atoms with Gasteiger partial charge in [-0.15, -0.1) is 0 Å². The van der Waals surface area contributed by atoms with Gasteiger partial charge in [0.1, 0.15) is 5.78 Å². The second-order valence-electron chi connectivity index (χ2n) is 6.18. The smallest absolute Gasteiger partial charge is 0.307 e. The number of carbonyl (C=O) groups is 3. The Balaban J connectivity index is 0. The molecule has 0 saturated heterocycles. The zero-order valence-electron chi connectivity index (χ0n) is 17.9. The van der Waals surface area contributed by atoms with Crippen molar-refractivity contribution in [3.63, 3.8) is 0 Å². The third kappa shape index (κ3) is 20.7. The standard InChI is InChI=1S/C17H32N2O5.C3H8/c1-4-23-16(21)9-12-18-11-7-6-8-15(14(3)20)19-13-10-17(22)24-5-2;1-3-2/h15,18-19H,4-13H2,1-3H3;3H2,1-2H3. The summed E-state index contributed by atoms with van der Waals surface area (Å²) in [5.74, 6) is -0.361. The largest absolute Gasteiger partial charge is 0.466 e. The number of carbonyl (C=O) groups excluding carboxylic acids is 3. The Hall–Kier alpha value is -1.47. The Morgan fingerprint density at radius 1 is 0.815 bits per heavy atom. The summed E-state index contributed by atoms with van der Waals surface area (Å²) in [6, 6.07) is -0.223. The van der Waals surface area contributed by atoms with Crippen LogP contribution in [0.25, 0.3) is 0 Å². The molecular formula is C20H40N2O5. The Bertz CT molecular complexity index is 389. The average Bonchev–Trinajstić information content (AvgIpc) is 2.60. The molecule has 160 valence electrons. The predicted molar refractivity (Wildman–Crippen MR) is 108 cm³/mol. The number of esters is 2. The Labute approximate surface area is 164 Å². The molecule has 0 spiro atoms. The van der Waals surface area contributed by atoms with Gasteiger partial charge < -0.3 is 20.1 Å². The highest BCUT2D eigenvalue weighted by molar-refractivity contribution is 5.81. The molecule has 0 amide bonds. The summed E-state index contributed by atoms with van der Waals surface area (Å²) in [5, 5.41) is 6.29. The zero-order valence-corrected chi connectivity index (χ0v) is 17.9. The number of Topliss-reactive ketones (excluding diaryl/α,β-unsaturated/α-hetero) is 1. The van der Waals surface area contributed by atoms with Crippen molar-refractivity contribution >= 4 is 17.7 Å². The highest BCUT2D eigenvalue weighted by Gasteiger charge is 2.13. The normalized spacial score (nSPS) is 11.1. The van der Waals surface area contributed by atoms with Gasteiger partial charge in [0.2, 0.25) is 0 Å². The molecule has 0 bridgehead atoms. The van der Waals surface area contributed by atoms with Crippen molar-refractivity contribution in [2.24, 2.45) is 0 Å². The van der Waals surface area contributed by atoms with E-state index < -0.39 is 0 Å². The minimum absolute atomic E-state index is 0.0779. The fourth-order valence-corrected chi connectivity index (χ4v) is 2.18. The summed E-state index contributed by atoms with van der Waals surface area (Å²) in [5.41, 5.74) is 0. The van der Waals surface area contributed by atoms with Crippen molar-refractivity contribution < 1.29 is 23.9 Å². The van der Waals surface area contributed by atoms with Crippen LogP contribution in [0.15, 0.2) is 0 Å². The van der Waals surface area contributed by atoms with Crippen molar-refractivity contribution in [2.45, 2.75) is 79.2 Å². The van der Waals surface area contributed by atoms with E-state index in [1.807, 2.05) is 0 Å². The number of ether oxygens (including phenoxy) is 2. The van der Waals surface area contributed by atoms with Gasteiger partial charge in [0.15, 0.2) is 0 Å². The van der Waals surface area contributed by atoms with Gasteiger partial charge in [0, 0.05) is 13.1 Å². The Kier molecular flexibility index (Phi) is 21.4. The number of rotatable bonds is 15. The van der Waals surface area contributed by atoms with E-state index in [9.17, 15) is 14.4 Å². The van der Waals surface area contributed by atoms with Crippen LogP contribution < -0.4 is 10.6 Å². The lowest BCUT2D eigenvalue weighted by Crippen LogP contribution is -2.37. The van der Waals surface area contributed by atoms with Gasteiger partial charge in [-0.3, -0.25) is 14.4 Å². The minimum atomic E-state index is -0.252. The monoisotopic (exact) mass is 388 g/mol. The molecule has 27 heavy (non-hydrogen) atoms. The quantitative estimate of drug-likeness (QED) is 0.329. The molecule has 0 aromatic carbocycles. The molecule has 0 aromatic heterocycles. The van der Waals surface area contributed by atoms with E-state index in [4.69, 9.17) is 9.47 Å². The molecule has 0 aliphatic carbocycles. The van der Waals surface area contributed by atoms with Gasteiger partial charge in [0.25, 0.3) is 0 Å². The van der Waals surface area contributed by atoms with Crippen LogP contribution in [0.5, 0.6) is 0 Å². The average molecular weight is 389 g/mol. The van der Waals surface area contributed by atoms with E-state index in [1.165, 1.54) is 6.42 Å². The maximum absolute atomic E-state index is 11.6. The van der Waals surface area contributed by atoms with Crippen LogP contribution in [-0.4, -0.2) is 56.6 Å². The van der Waals surface area contributed by atoms with E-state index in [1.54, 1.807) is 20.8 Å². The van der Waals surface area contributed by atoms with Crippen molar-refractivity contribution in [3.05, 3.63) is 0 Å². The van der Waals surface area contributed by atoms with Crippen molar-refractivity contribution in [3.8, 4) is 0 Å². The van der Waals surface area contributed by atoms with Gasteiger partial charge >= 0.3 is 11.9 Å². The molecule has 0 saturated carbocycles. The molecular weight excluding hydrogens is 348 g/mol. The third-order valence-electron chi connectivity index (χ3n) is 3.42. The fourth-order valence-electron chi connectivity index (χ4n) is 2.18. The Morgan fingerprint density at radius 2 is 1.33 bits per heavy atom. The van der Waals surface area contributed by atoms with E-state index in [2.05, 4.69) is 24.5 Å². The molecule has 2 N–H and O–H groups in total. The highest BCUT2D eigenvalue weighted by Crippen LogP contribution is 2.02. The number of hydrogen-bond donors (Lipinski definition) is 2. The fraction of sp³-hybridized carbons (Fsp3) is 0.850. The van der Waals surface area contributed by atoms with Crippen molar-refractivity contribution in [1.29, 1.82) is 0 Å². The topological polar surface area (TPSA) is 93.7 Å². The maximum atomic E-state index is 11.6. The first-order valence-corrected chi connectivity index (χ1v) is 10.2. The lowest BCUT2D eigenvalue weighted by molar-refractivity contribution is -0.143. The van der Waals surface area contributed by atoms with Crippen LogP contribution in [0.1, 0.15) is 73.1 Å². The lowest BCUT2D eigenvalue weighted by Gasteiger charge is -2.15. The van der Waals surface area contributed by atoms with Gasteiger partial charge in [-0.05, 0) is 40.2 Å². The zero-order chi connectivity index (χ0) is 20.9. The SMILES string of the molecule is CCC.CCOC(=O)CCNCCCCC(NCCC(=O)OCC)C(C)=O. The Morgan fingerprint density at radius 3 is 1.81 bits per heavy atom. The third-order valence-corrected chi connectivity index (χ3v) is 3.42. The lowest BCUT2D eigenvalue weighted by atomic mass is 10.1. The summed E-state index contributed by atoms with van der Waals surface area (Å²) in [6.07, 6.45) is 4.44. The van der Waals surface area contributed by atoms with Crippen LogP contribution in [0, 0.1) is 0 Å². The summed E-state index contributed by atoms with van der Waals surface area (Å²) >= 11 is 0. The molecule has 0 fully saturated rings. The van der Waals surface area contributed by atoms with Gasteiger partial charge in [-0.25, -0.2) is 0 Å². The molecule has 0 rings (SSSR count). The second-order valence-corrected chi connectivity index (χ2v) is 6.18. The number of hydrogen-bond acceptors (Lipinski definition) is 7. The maximum Gasteiger partial charge on any atom is 0.307 e. The van der Waals surface area contributed by atoms with Crippen LogP contribution in [-0.2, 0) is 23.9 Å². The molecule has 7 nitrogen and oxygen atoms in total. The minimum Gasteiger partial charge on any atom is -0.466 e. The molecule has 0 heterocycles. The molecule has 0 aliphatic heterocycles. The molecule has 1 atom stereocenters. The summed E-state index contributed by atoms with van der Waals surface area (Å²) in [7, 11) is 0. The van der Waals surface area contributed by atoms with E-state index in [-0.39, 0.29) is 30.2 Å². The number of unbranched alkanes of at least 4 members (excludes halogenated alkanes) is 1. The molecule has 7 heteroatoms. The highest BCUT2D eigenvalue weighted by atomic mass is 16.5. The summed E-state index contributed by atoms with van der Waals surface area (Å²) < 4.78 is 9.69. The predicted octanol–water partition coefficient (Wildman–Crippen LogP) is 2.62. The van der Waals surface area contributed by atoms with E-state index >= 15 is 0 Å². The summed E-state index contributed by atoms with van der Waals surface area (Å²) in [4.78, 5) is 34.0. The molecule has 0 aromatic rings. The first-order chi connectivity index (χ1) is 12.9. The van der Waals surface area contributed by atoms with E-state index in [0.717, 1.165) is 25.8 Å². The summed E-state index contributed by atoms with van der Waals surface area (Å²) in [6.45, 7) is 12.0. The van der Waals surface area contributed by atoms with Crippen molar-refractivity contribution in [2.75, 3.05) is 32.8 Å². The molecule has 0 radical (unpaired) electrons. The van der Waals surface area contributed by atoms with Crippen LogP contribution in [0.4, 0.5) is 0 Å². The van der Waals surface area contributed by atoms with Gasteiger partial charge in [-0.2, -0.15) is 0 Å². The second kappa shape index (κ2) is 20.8. The molecule has 1 unspecified atom stereocenters. The van der Waals surface area contributed by atoms with Gasteiger partial charge in [-0.1, -0.05) is 26.7 Å². The van der Waals surface area contributed by atoms with Crippen LogP contribution >= 0.6 is 0 Å². The van der Waals surface area contributed by atoms with Crippen LogP contribution in [0.3, 0.4) is 0 Å². The first kappa shape index (κ1) is 27.7. The molecule has 0 aliphatic rings.